The maximum Gasteiger partial charge on any atom is 0.159 e. The maximum atomic E-state index is 9.38. The average Bonchev–Trinajstić information content (AvgIpc) is 3.16. The van der Waals surface area contributed by atoms with Crippen molar-refractivity contribution >= 4 is 21.9 Å². The molecule has 0 radical (unpaired) electrons. The molecule has 0 spiro atoms. The van der Waals surface area contributed by atoms with Crippen molar-refractivity contribution in [2.45, 2.75) is 13.2 Å². The van der Waals surface area contributed by atoms with Crippen LogP contribution in [-0.2, 0) is 13.2 Å². The van der Waals surface area contributed by atoms with E-state index in [4.69, 9.17) is 0 Å². The molecule has 0 aliphatic carbocycles. The van der Waals surface area contributed by atoms with Gasteiger partial charge in [-0.1, -0.05) is 18.2 Å². The highest BCUT2D eigenvalue weighted by Crippen LogP contribution is 2.27. The van der Waals surface area contributed by atoms with Crippen molar-refractivity contribution in [1.29, 1.82) is 0 Å². The summed E-state index contributed by atoms with van der Waals surface area (Å²) in [4.78, 5) is 7.79. The van der Waals surface area contributed by atoms with Crippen LogP contribution in [0.2, 0.25) is 0 Å². The molecule has 0 atom stereocenters. The zero-order valence-electron chi connectivity index (χ0n) is 11.7. The molecule has 4 rings (SSSR count). The van der Waals surface area contributed by atoms with Gasteiger partial charge in [0.2, 0.25) is 0 Å². The summed E-state index contributed by atoms with van der Waals surface area (Å²) < 4.78 is 0. The largest absolute Gasteiger partial charge is 0.392 e. The van der Waals surface area contributed by atoms with Crippen LogP contribution in [0.1, 0.15) is 11.1 Å². The summed E-state index contributed by atoms with van der Waals surface area (Å²) in [6.07, 6.45) is 0. The van der Waals surface area contributed by atoms with Crippen LogP contribution in [-0.4, -0.2) is 30.4 Å². The van der Waals surface area contributed by atoms with Gasteiger partial charge in [-0.25, -0.2) is 4.98 Å². The predicted octanol–water partition coefficient (Wildman–Crippen LogP) is 2.09. The number of imidazole rings is 1. The van der Waals surface area contributed by atoms with E-state index in [1.54, 1.807) is 6.07 Å². The van der Waals surface area contributed by atoms with E-state index in [2.05, 4.69) is 20.2 Å². The number of aromatic amines is 2. The van der Waals surface area contributed by atoms with Gasteiger partial charge in [0, 0.05) is 5.39 Å². The summed E-state index contributed by atoms with van der Waals surface area (Å²) in [7, 11) is 0. The number of hydrogen-bond donors (Lipinski definition) is 4. The van der Waals surface area contributed by atoms with E-state index < -0.39 is 0 Å². The van der Waals surface area contributed by atoms with Crippen LogP contribution in [0, 0.1) is 0 Å². The van der Waals surface area contributed by atoms with Gasteiger partial charge in [-0.15, -0.1) is 0 Å². The standard InChI is InChI=1S/C16H14N4O2/c21-7-9-5-13-14(6-10(9)8-22)18-16(17-13)15-11-3-1-2-4-12(11)19-20-15/h1-6,21-22H,7-8H2,(H,17,18)(H,19,20). The Balaban J connectivity index is 1.92. The molecule has 0 saturated heterocycles. The number of rotatable bonds is 3. The molecule has 4 N–H and O–H groups in total. The number of para-hydroxylation sites is 1. The minimum atomic E-state index is -0.126. The molecular weight excluding hydrogens is 280 g/mol. The summed E-state index contributed by atoms with van der Waals surface area (Å²) in [6, 6.07) is 11.4. The highest BCUT2D eigenvalue weighted by molar-refractivity contribution is 5.93. The number of H-pyrrole nitrogens is 2. The second-order valence-electron chi connectivity index (χ2n) is 5.16. The van der Waals surface area contributed by atoms with Gasteiger partial charge in [0.05, 0.1) is 29.8 Å². The summed E-state index contributed by atoms with van der Waals surface area (Å²) in [5, 5.41) is 27.1. The summed E-state index contributed by atoms with van der Waals surface area (Å²) in [5.74, 6) is 0.659. The molecule has 0 amide bonds. The molecule has 0 unspecified atom stereocenters. The maximum absolute atomic E-state index is 9.38. The van der Waals surface area contributed by atoms with Gasteiger partial charge in [-0.2, -0.15) is 5.10 Å². The number of nitrogens with zero attached hydrogens (tertiary/aromatic N) is 2. The fraction of sp³-hybridized carbons (Fsp3) is 0.125. The molecule has 0 bridgehead atoms. The van der Waals surface area contributed by atoms with Gasteiger partial charge in [0.25, 0.3) is 0 Å². The molecule has 2 aromatic carbocycles. The third kappa shape index (κ3) is 1.89. The molecule has 0 aliphatic rings. The van der Waals surface area contributed by atoms with Gasteiger partial charge < -0.3 is 15.2 Å². The fourth-order valence-electron chi connectivity index (χ4n) is 2.70. The minimum absolute atomic E-state index is 0.120. The first kappa shape index (κ1) is 13.0. The molecule has 2 aromatic heterocycles. The van der Waals surface area contributed by atoms with Crippen molar-refractivity contribution in [2.24, 2.45) is 0 Å². The first-order chi connectivity index (χ1) is 10.8. The summed E-state index contributed by atoms with van der Waals surface area (Å²) in [6.45, 7) is -0.245. The lowest BCUT2D eigenvalue weighted by molar-refractivity contribution is 0.260. The Hall–Kier alpha value is -2.70. The minimum Gasteiger partial charge on any atom is -0.392 e. The van der Waals surface area contributed by atoms with Crippen molar-refractivity contribution in [3.63, 3.8) is 0 Å². The highest BCUT2D eigenvalue weighted by Gasteiger charge is 2.13. The first-order valence-corrected chi connectivity index (χ1v) is 6.97. The lowest BCUT2D eigenvalue weighted by Crippen LogP contribution is -1.93. The van der Waals surface area contributed by atoms with Gasteiger partial charge in [0.1, 0.15) is 5.69 Å². The predicted molar refractivity (Wildman–Crippen MR) is 83.0 cm³/mol. The normalized spacial score (nSPS) is 11.5. The lowest BCUT2D eigenvalue weighted by Gasteiger charge is -2.03. The molecule has 110 valence electrons. The van der Waals surface area contributed by atoms with Crippen molar-refractivity contribution in [3.05, 3.63) is 47.5 Å². The van der Waals surface area contributed by atoms with E-state index in [9.17, 15) is 10.2 Å². The number of benzene rings is 2. The quantitative estimate of drug-likeness (QED) is 0.465. The van der Waals surface area contributed by atoms with Crippen LogP contribution in [0.3, 0.4) is 0 Å². The number of aliphatic hydroxyl groups excluding tert-OH is 2. The molecule has 6 nitrogen and oxygen atoms in total. The van der Waals surface area contributed by atoms with Crippen LogP contribution in [0.5, 0.6) is 0 Å². The first-order valence-electron chi connectivity index (χ1n) is 6.97. The summed E-state index contributed by atoms with van der Waals surface area (Å²) >= 11 is 0. The Morgan fingerprint density at radius 3 is 2.55 bits per heavy atom. The third-order valence-corrected chi connectivity index (χ3v) is 3.84. The number of nitrogens with one attached hydrogen (secondary N) is 2. The molecule has 0 saturated carbocycles. The molecular formula is C16H14N4O2. The van der Waals surface area contributed by atoms with Crippen molar-refractivity contribution in [2.75, 3.05) is 0 Å². The Morgan fingerprint density at radius 1 is 0.955 bits per heavy atom. The second kappa shape index (κ2) is 4.94. The molecule has 4 aromatic rings. The van der Waals surface area contributed by atoms with Crippen molar-refractivity contribution < 1.29 is 10.2 Å². The number of hydrogen-bond acceptors (Lipinski definition) is 4. The molecule has 2 heterocycles. The molecule has 0 fully saturated rings. The fourth-order valence-corrected chi connectivity index (χ4v) is 2.70. The van der Waals surface area contributed by atoms with Crippen LogP contribution in [0.4, 0.5) is 0 Å². The third-order valence-electron chi connectivity index (χ3n) is 3.84. The Labute approximate surface area is 125 Å². The highest BCUT2D eigenvalue weighted by atomic mass is 16.3. The van der Waals surface area contributed by atoms with Gasteiger partial charge >= 0.3 is 0 Å². The van der Waals surface area contributed by atoms with Crippen molar-refractivity contribution in [1.82, 2.24) is 20.2 Å². The van der Waals surface area contributed by atoms with E-state index in [0.29, 0.717) is 17.0 Å². The zero-order chi connectivity index (χ0) is 15.1. The summed E-state index contributed by atoms with van der Waals surface area (Å²) in [5.41, 5.74) is 4.62. The van der Waals surface area contributed by atoms with E-state index in [0.717, 1.165) is 27.6 Å². The average molecular weight is 294 g/mol. The van der Waals surface area contributed by atoms with Crippen LogP contribution < -0.4 is 0 Å². The van der Waals surface area contributed by atoms with Crippen LogP contribution in [0.15, 0.2) is 36.4 Å². The zero-order valence-corrected chi connectivity index (χ0v) is 11.7. The Kier molecular flexibility index (Phi) is 2.92. The molecule has 22 heavy (non-hydrogen) atoms. The van der Waals surface area contributed by atoms with E-state index in [1.807, 2.05) is 30.3 Å². The SMILES string of the molecule is OCc1cc2nc(-c3n[nH]c4ccccc34)[nH]c2cc1CO. The van der Waals surface area contributed by atoms with Gasteiger partial charge in [-0.05, 0) is 29.3 Å². The second-order valence-corrected chi connectivity index (χ2v) is 5.16. The van der Waals surface area contributed by atoms with Gasteiger partial charge in [-0.3, -0.25) is 5.10 Å². The molecule has 6 heteroatoms. The van der Waals surface area contributed by atoms with E-state index in [-0.39, 0.29) is 13.2 Å². The number of fused-ring (bicyclic) bond motifs is 2. The Morgan fingerprint density at radius 2 is 1.73 bits per heavy atom. The van der Waals surface area contributed by atoms with Gasteiger partial charge in [0.15, 0.2) is 5.82 Å². The smallest absolute Gasteiger partial charge is 0.159 e. The van der Waals surface area contributed by atoms with Crippen LogP contribution >= 0.6 is 0 Å². The van der Waals surface area contributed by atoms with E-state index >= 15 is 0 Å². The molecule has 0 aliphatic heterocycles. The topological polar surface area (TPSA) is 97.8 Å². The van der Waals surface area contributed by atoms with E-state index in [1.165, 1.54) is 0 Å². The lowest BCUT2D eigenvalue weighted by atomic mass is 10.1. The number of aliphatic hydroxyl groups is 2. The monoisotopic (exact) mass is 294 g/mol. The Bertz CT molecular complexity index is 930. The number of aromatic nitrogens is 4. The van der Waals surface area contributed by atoms with Crippen molar-refractivity contribution in [3.8, 4) is 11.5 Å². The van der Waals surface area contributed by atoms with Crippen LogP contribution in [0.25, 0.3) is 33.5 Å².